The summed E-state index contributed by atoms with van der Waals surface area (Å²) in [7, 11) is 0. The highest BCUT2D eigenvalue weighted by Gasteiger charge is 2.16. The molecule has 0 amide bonds. The fraction of sp³-hybridized carbons (Fsp3) is 0. The Balaban J connectivity index is 1.01. The number of aromatic nitrogens is 2. The highest BCUT2D eigenvalue weighted by atomic mass is 15.1. The molecule has 0 fully saturated rings. The molecule has 0 radical (unpaired) electrons. The molecule has 2 heterocycles. The molecule has 0 unspecified atom stereocenters. The lowest BCUT2D eigenvalue weighted by molar-refractivity contribution is 1.18. The van der Waals surface area contributed by atoms with Crippen molar-refractivity contribution < 1.29 is 0 Å². The summed E-state index contributed by atoms with van der Waals surface area (Å²) in [5, 5.41) is 4.73. The minimum absolute atomic E-state index is 0.389. The standard InChI is InChI=1S/C52H37N5/c1-35(54-52(39-17-7-3-8-18-39)55-51(53)38-15-5-2-6-16-38)56-47-23-13-11-21-43(47)45-33-40(29-31-49(45)56)36-25-27-37(28-26-36)41-30-32-50-46(34-41)44-22-12-14-24-48(44)57(50)42-19-9-4-10-20-42/h2-34H,1H2,(H2,53,54,55). The Labute approximate surface area is 330 Å². The van der Waals surface area contributed by atoms with Crippen molar-refractivity contribution in [2.75, 3.05) is 0 Å². The van der Waals surface area contributed by atoms with E-state index in [4.69, 9.17) is 15.7 Å². The zero-order chi connectivity index (χ0) is 38.3. The van der Waals surface area contributed by atoms with Crippen molar-refractivity contribution in [3.05, 3.63) is 218 Å². The van der Waals surface area contributed by atoms with Crippen LogP contribution in [-0.2, 0) is 0 Å². The molecule has 0 aliphatic heterocycles. The maximum atomic E-state index is 6.52. The fourth-order valence-corrected chi connectivity index (χ4v) is 7.99. The molecule has 0 spiro atoms. The van der Waals surface area contributed by atoms with Gasteiger partial charge in [-0.2, -0.15) is 0 Å². The molecule has 0 saturated carbocycles. The van der Waals surface area contributed by atoms with Gasteiger partial charge in [-0.15, -0.1) is 0 Å². The summed E-state index contributed by atoms with van der Waals surface area (Å²) in [6.45, 7) is 4.48. The molecule has 57 heavy (non-hydrogen) atoms. The summed E-state index contributed by atoms with van der Waals surface area (Å²) in [5.74, 6) is 1.43. The number of amidine groups is 2. The Morgan fingerprint density at radius 1 is 0.404 bits per heavy atom. The first-order valence-corrected chi connectivity index (χ1v) is 19.1. The summed E-state index contributed by atoms with van der Waals surface area (Å²) >= 11 is 0. The van der Waals surface area contributed by atoms with Crippen molar-refractivity contribution in [2.24, 2.45) is 15.7 Å². The quantitative estimate of drug-likeness (QED) is 0.129. The lowest BCUT2D eigenvalue weighted by Gasteiger charge is -2.10. The molecule has 2 aromatic heterocycles. The lowest BCUT2D eigenvalue weighted by Crippen LogP contribution is -2.16. The third-order valence-electron chi connectivity index (χ3n) is 10.7. The Morgan fingerprint density at radius 2 is 0.842 bits per heavy atom. The van der Waals surface area contributed by atoms with Crippen LogP contribution >= 0.6 is 0 Å². The van der Waals surface area contributed by atoms with Gasteiger partial charge in [-0.3, -0.25) is 4.57 Å². The molecule has 0 aliphatic rings. The van der Waals surface area contributed by atoms with E-state index in [1.165, 1.54) is 32.9 Å². The average Bonchev–Trinajstić information content (AvgIpc) is 3.79. The van der Waals surface area contributed by atoms with E-state index in [0.717, 1.165) is 49.7 Å². The molecule has 5 nitrogen and oxygen atoms in total. The van der Waals surface area contributed by atoms with Crippen molar-refractivity contribution in [1.29, 1.82) is 0 Å². The van der Waals surface area contributed by atoms with Crippen LogP contribution in [0.15, 0.2) is 217 Å². The van der Waals surface area contributed by atoms with Crippen LogP contribution in [0.1, 0.15) is 11.1 Å². The second-order valence-electron chi connectivity index (χ2n) is 14.2. The highest BCUT2D eigenvalue weighted by Crippen LogP contribution is 2.37. The summed E-state index contributed by atoms with van der Waals surface area (Å²) in [4.78, 5) is 9.86. The van der Waals surface area contributed by atoms with Gasteiger partial charge in [0.2, 0.25) is 0 Å². The molecule has 5 heteroatoms. The number of hydrogen-bond acceptors (Lipinski definition) is 1. The largest absolute Gasteiger partial charge is 0.383 e. The second kappa shape index (κ2) is 14.1. The predicted molar refractivity (Wildman–Crippen MR) is 240 cm³/mol. The van der Waals surface area contributed by atoms with Crippen LogP contribution in [0.5, 0.6) is 0 Å². The molecule has 270 valence electrons. The van der Waals surface area contributed by atoms with E-state index in [1.807, 2.05) is 60.7 Å². The van der Waals surface area contributed by atoms with E-state index in [-0.39, 0.29) is 0 Å². The van der Waals surface area contributed by atoms with Gasteiger partial charge in [0.25, 0.3) is 0 Å². The first-order chi connectivity index (χ1) is 28.1. The van der Waals surface area contributed by atoms with Gasteiger partial charge < -0.3 is 10.3 Å². The molecule has 2 N–H and O–H groups in total. The monoisotopic (exact) mass is 731 g/mol. The number of aliphatic imine (C=N–C) groups is 2. The molecule has 0 atom stereocenters. The van der Waals surface area contributed by atoms with Crippen LogP contribution in [0.2, 0.25) is 0 Å². The van der Waals surface area contributed by atoms with Crippen LogP contribution in [0, 0.1) is 0 Å². The fourth-order valence-electron chi connectivity index (χ4n) is 7.99. The Bertz CT molecular complexity index is 3170. The molecular formula is C52H37N5. The summed E-state index contributed by atoms with van der Waals surface area (Å²) < 4.78 is 4.46. The third kappa shape index (κ3) is 6.08. The smallest absolute Gasteiger partial charge is 0.163 e. The van der Waals surface area contributed by atoms with E-state index >= 15 is 0 Å². The maximum Gasteiger partial charge on any atom is 0.163 e. The van der Waals surface area contributed by atoms with E-state index < -0.39 is 0 Å². The van der Waals surface area contributed by atoms with Crippen molar-refractivity contribution in [3.63, 3.8) is 0 Å². The van der Waals surface area contributed by atoms with Crippen LogP contribution < -0.4 is 5.73 Å². The average molecular weight is 732 g/mol. The van der Waals surface area contributed by atoms with Gasteiger partial charge in [0.1, 0.15) is 11.7 Å². The van der Waals surface area contributed by atoms with Crippen molar-refractivity contribution in [1.82, 2.24) is 9.13 Å². The van der Waals surface area contributed by atoms with Crippen LogP contribution in [0.4, 0.5) is 0 Å². The second-order valence-corrected chi connectivity index (χ2v) is 14.2. The Kier molecular flexibility index (Phi) is 8.38. The third-order valence-corrected chi connectivity index (χ3v) is 10.7. The predicted octanol–water partition coefficient (Wildman–Crippen LogP) is 12.5. The molecule has 0 aliphatic carbocycles. The number of nitrogens with zero attached hydrogens (tertiary/aromatic N) is 4. The molecule has 10 rings (SSSR count). The first-order valence-electron chi connectivity index (χ1n) is 19.1. The Morgan fingerprint density at radius 3 is 1.47 bits per heavy atom. The van der Waals surface area contributed by atoms with Crippen molar-refractivity contribution >= 4 is 61.1 Å². The first kappa shape index (κ1) is 33.8. The van der Waals surface area contributed by atoms with Gasteiger partial charge in [0.15, 0.2) is 5.84 Å². The van der Waals surface area contributed by atoms with Gasteiger partial charge in [0.05, 0.1) is 22.1 Å². The van der Waals surface area contributed by atoms with Gasteiger partial charge in [0, 0.05) is 38.4 Å². The molecule has 10 aromatic rings. The van der Waals surface area contributed by atoms with Crippen LogP contribution in [-0.4, -0.2) is 20.8 Å². The van der Waals surface area contributed by atoms with Crippen LogP contribution in [0.3, 0.4) is 0 Å². The number of benzene rings is 8. The van der Waals surface area contributed by atoms with Crippen LogP contribution in [0.25, 0.3) is 77.4 Å². The zero-order valence-corrected chi connectivity index (χ0v) is 31.1. The lowest BCUT2D eigenvalue weighted by atomic mass is 9.98. The molecule has 0 saturated heterocycles. The van der Waals surface area contributed by atoms with E-state index in [2.05, 4.69) is 155 Å². The number of fused-ring (bicyclic) bond motifs is 6. The minimum atomic E-state index is 0.389. The molecular weight excluding hydrogens is 695 g/mol. The topological polar surface area (TPSA) is 60.6 Å². The van der Waals surface area contributed by atoms with Gasteiger partial charge in [-0.05, 0) is 70.8 Å². The van der Waals surface area contributed by atoms with Gasteiger partial charge in [-0.25, -0.2) is 9.98 Å². The number of hydrogen-bond donors (Lipinski definition) is 1. The normalized spacial score (nSPS) is 12.2. The summed E-state index contributed by atoms with van der Waals surface area (Å²) in [6, 6.07) is 69.6. The maximum absolute atomic E-state index is 6.52. The van der Waals surface area contributed by atoms with Gasteiger partial charge in [-0.1, -0.05) is 158 Å². The Hall–Kier alpha value is -7.76. The molecule has 8 aromatic carbocycles. The van der Waals surface area contributed by atoms with Crippen molar-refractivity contribution in [3.8, 4) is 27.9 Å². The number of para-hydroxylation sites is 3. The van der Waals surface area contributed by atoms with E-state index in [0.29, 0.717) is 17.5 Å². The minimum Gasteiger partial charge on any atom is -0.383 e. The van der Waals surface area contributed by atoms with Gasteiger partial charge >= 0.3 is 0 Å². The number of nitrogens with two attached hydrogens (primary N) is 1. The SMILES string of the molecule is C=C(/N=C(\N=C(N)c1ccccc1)c1ccccc1)n1c2ccccc2c2cc(-c3ccc(-c4ccc5c(c4)c4ccccc4n5-c4ccccc4)cc3)ccc21. The number of rotatable bonds is 7. The summed E-state index contributed by atoms with van der Waals surface area (Å²) in [6.07, 6.45) is 0. The van der Waals surface area contributed by atoms with Crippen molar-refractivity contribution in [2.45, 2.75) is 0 Å². The highest BCUT2D eigenvalue weighted by molar-refractivity contribution is 6.14. The van der Waals surface area contributed by atoms with E-state index in [9.17, 15) is 0 Å². The molecule has 0 bridgehead atoms. The zero-order valence-electron chi connectivity index (χ0n) is 31.1. The van der Waals surface area contributed by atoms with E-state index in [1.54, 1.807) is 0 Å². The summed E-state index contributed by atoms with van der Waals surface area (Å²) in [5.41, 5.74) is 18.4.